The first-order chi connectivity index (χ1) is 22.2. The summed E-state index contributed by atoms with van der Waals surface area (Å²) in [5, 5.41) is 2.11. The normalized spacial score (nSPS) is 11.1. The lowest BCUT2D eigenvalue weighted by Gasteiger charge is -2.13. The van der Waals surface area contributed by atoms with E-state index in [2.05, 4.69) is 108 Å². The van der Waals surface area contributed by atoms with Crippen LogP contribution in [0.3, 0.4) is 0 Å². The van der Waals surface area contributed by atoms with Crippen LogP contribution in [-0.2, 0) is 0 Å². The van der Waals surface area contributed by atoms with E-state index in [4.69, 9.17) is 16.5 Å². The van der Waals surface area contributed by atoms with E-state index in [-0.39, 0.29) is 0 Å². The van der Waals surface area contributed by atoms with Gasteiger partial charge in [0.2, 0.25) is 0 Å². The van der Waals surface area contributed by atoms with E-state index in [0.717, 1.165) is 65.8 Å². The summed E-state index contributed by atoms with van der Waals surface area (Å²) in [4.78, 5) is 14.2. The van der Waals surface area contributed by atoms with Gasteiger partial charge in [0.1, 0.15) is 0 Å². The Kier molecular flexibility index (Phi) is 6.72. The molecule has 0 saturated carbocycles. The maximum Gasteiger partial charge on any atom is 0.197 e. The predicted octanol–water partition coefficient (Wildman–Crippen LogP) is 11.7. The first-order valence-electron chi connectivity index (χ1n) is 14.8. The molecule has 8 rings (SSSR count). The molecule has 0 amide bonds. The zero-order valence-electron chi connectivity index (χ0n) is 24.2. The minimum absolute atomic E-state index is 0.599. The molecule has 0 saturated heterocycles. The molecule has 2 aromatic heterocycles. The van der Waals surface area contributed by atoms with Gasteiger partial charge in [-0.15, -0.1) is 11.3 Å². The number of thiophene rings is 1. The standard InChI is InChI=1S/C41H25N3S/c1-42-37-24-33(25-39-40(37)34-19-11-12-20-38(34)45-39)41-43-35(29-17-9-4-10-18-29)26-36(44-41)32-22-30(27-13-5-2-6-14-27)21-31(23-32)28-15-7-3-8-16-28/h2-26H. The Morgan fingerprint density at radius 3 is 1.60 bits per heavy atom. The fourth-order valence-electron chi connectivity index (χ4n) is 5.90. The molecule has 6 aromatic carbocycles. The van der Waals surface area contributed by atoms with Gasteiger partial charge in [0.25, 0.3) is 0 Å². The Morgan fingerprint density at radius 1 is 0.444 bits per heavy atom. The summed E-state index contributed by atoms with van der Waals surface area (Å²) in [5.41, 5.74) is 9.66. The van der Waals surface area contributed by atoms with Gasteiger partial charge in [-0.2, -0.15) is 0 Å². The van der Waals surface area contributed by atoms with Crippen molar-refractivity contribution < 1.29 is 0 Å². The molecule has 0 aliphatic carbocycles. The van der Waals surface area contributed by atoms with Crippen molar-refractivity contribution in [3.05, 3.63) is 163 Å². The highest BCUT2D eigenvalue weighted by molar-refractivity contribution is 7.26. The second-order valence-corrected chi connectivity index (χ2v) is 12.0. The Hall–Kier alpha value is -5.89. The van der Waals surface area contributed by atoms with Crippen molar-refractivity contribution in [2.45, 2.75) is 0 Å². The lowest BCUT2D eigenvalue weighted by atomic mass is 9.94. The van der Waals surface area contributed by atoms with Crippen LogP contribution in [0.2, 0.25) is 0 Å². The summed E-state index contributed by atoms with van der Waals surface area (Å²) in [5.74, 6) is 0.599. The zero-order chi connectivity index (χ0) is 30.2. The van der Waals surface area contributed by atoms with Gasteiger partial charge in [-0.05, 0) is 70.1 Å². The van der Waals surface area contributed by atoms with Gasteiger partial charge in [0.15, 0.2) is 11.5 Å². The summed E-state index contributed by atoms with van der Waals surface area (Å²) in [6, 6.07) is 52.2. The van der Waals surface area contributed by atoms with Crippen molar-refractivity contribution in [2.75, 3.05) is 0 Å². The van der Waals surface area contributed by atoms with Crippen LogP contribution in [0.15, 0.2) is 152 Å². The molecule has 8 aromatic rings. The van der Waals surface area contributed by atoms with E-state index < -0.39 is 0 Å². The van der Waals surface area contributed by atoms with E-state index >= 15 is 0 Å². The van der Waals surface area contributed by atoms with Crippen molar-refractivity contribution in [2.24, 2.45) is 0 Å². The fraction of sp³-hybridized carbons (Fsp3) is 0. The fourth-order valence-corrected chi connectivity index (χ4v) is 7.07. The van der Waals surface area contributed by atoms with E-state index in [1.165, 1.54) is 4.70 Å². The summed E-state index contributed by atoms with van der Waals surface area (Å²) >= 11 is 1.70. The molecule has 3 nitrogen and oxygen atoms in total. The highest BCUT2D eigenvalue weighted by Crippen LogP contribution is 2.42. The van der Waals surface area contributed by atoms with Gasteiger partial charge in [0.05, 0.1) is 18.0 Å². The third-order valence-corrected chi connectivity index (χ3v) is 9.19. The minimum atomic E-state index is 0.599. The van der Waals surface area contributed by atoms with Crippen molar-refractivity contribution in [1.29, 1.82) is 0 Å². The van der Waals surface area contributed by atoms with Gasteiger partial charge < -0.3 is 0 Å². The maximum atomic E-state index is 8.05. The zero-order valence-corrected chi connectivity index (χ0v) is 25.0. The van der Waals surface area contributed by atoms with Crippen LogP contribution in [0.4, 0.5) is 5.69 Å². The van der Waals surface area contributed by atoms with Crippen LogP contribution in [0.1, 0.15) is 0 Å². The molecule has 0 atom stereocenters. The van der Waals surface area contributed by atoms with Crippen molar-refractivity contribution in [1.82, 2.24) is 9.97 Å². The van der Waals surface area contributed by atoms with Gasteiger partial charge >= 0.3 is 0 Å². The second kappa shape index (κ2) is 11.3. The third kappa shape index (κ3) is 5.06. The number of nitrogens with zero attached hydrogens (tertiary/aromatic N) is 3. The molecule has 0 unspecified atom stereocenters. The Balaban J connectivity index is 1.37. The molecule has 0 aliphatic rings. The van der Waals surface area contributed by atoms with Crippen molar-refractivity contribution >= 4 is 37.2 Å². The van der Waals surface area contributed by atoms with Crippen LogP contribution < -0.4 is 0 Å². The quantitative estimate of drug-likeness (QED) is 0.186. The number of benzene rings is 6. The molecule has 0 fully saturated rings. The highest BCUT2D eigenvalue weighted by atomic mass is 32.1. The number of hydrogen-bond acceptors (Lipinski definition) is 3. The lowest BCUT2D eigenvalue weighted by molar-refractivity contribution is 1.18. The molecule has 0 spiro atoms. The summed E-state index contributed by atoms with van der Waals surface area (Å²) in [6.07, 6.45) is 0. The monoisotopic (exact) mass is 591 g/mol. The maximum absolute atomic E-state index is 8.05. The minimum Gasteiger partial charge on any atom is -0.237 e. The van der Waals surface area contributed by atoms with Crippen LogP contribution in [0.5, 0.6) is 0 Å². The molecule has 4 heteroatoms. The van der Waals surface area contributed by atoms with E-state index in [1.807, 2.05) is 48.5 Å². The molecule has 0 aliphatic heterocycles. The third-order valence-electron chi connectivity index (χ3n) is 8.08. The molecule has 0 bridgehead atoms. The number of rotatable bonds is 5. The van der Waals surface area contributed by atoms with Gasteiger partial charge in [-0.25, -0.2) is 14.8 Å². The Bertz CT molecular complexity index is 2310. The number of fused-ring (bicyclic) bond motifs is 3. The van der Waals surface area contributed by atoms with Crippen LogP contribution in [0.25, 0.3) is 81.2 Å². The Labute approximate surface area is 265 Å². The average Bonchev–Trinajstić information content (AvgIpc) is 3.51. The van der Waals surface area contributed by atoms with E-state index in [1.54, 1.807) is 11.3 Å². The predicted molar refractivity (Wildman–Crippen MR) is 188 cm³/mol. The first-order valence-corrected chi connectivity index (χ1v) is 15.6. The highest BCUT2D eigenvalue weighted by Gasteiger charge is 2.17. The topological polar surface area (TPSA) is 30.1 Å². The van der Waals surface area contributed by atoms with Crippen molar-refractivity contribution in [3.8, 4) is 56.2 Å². The number of hydrogen-bond donors (Lipinski definition) is 0. The molecular formula is C41H25N3S. The summed E-state index contributed by atoms with van der Waals surface area (Å²) < 4.78 is 2.23. The molecule has 2 heterocycles. The first kappa shape index (κ1) is 26.7. The van der Waals surface area contributed by atoms with E-state index in [0.29, 0.717) is 11.5 Å². The SMILES string of the molecule is [C-]#[N+]c1cc(-c2nc(-c3ccccc3)cc(-c3cc(-c4ccccc4)cc(-c4ccccc4)c3)n2)cc2sc3ccccc3c12. The van der Waals surface area contributed by atoms with Crippen molar-refractivity contribution in [3.63, 3.8) is 0 Å². The number of aromatic nitrogens is 2. The van der Waals surface area contributed by atoms with Crippen LogP contribution >= 0.6 is 11.3 Å². The largest absolute Gasteiger partial charge is 0.237 e. The Morgan fingerprint density at radius 2 is 0.978 bits per heavy atom. The van der Waals surface area contributed by atoms with Crippen LogP contribution in [0, 0.1) is 6.57 Å². The van der Waals surface area contributed by atoms with Gasteiger partial charge in [-0.1, -0.05) is 109 Å². The smallest absolute Gasteiger partial charge is 0.197 e. The summed E-state index contributed by atoms with van der Waals surface area (Å²) in [7, 11) is 0. The molecule has 0 N–H and O–H groups in total. The molecule has 0 radical (unpaired) electrons. The lowest BCUT2D eigenvalue weighted by Crippen LogP contribution is -1.96. The molecule has 210 valence electrons. The van der Waals surface area contributed by atoms with Gasteiger partial charge in [0, 0.05) is 31.5 Å². The van der Waals surface area contributed by atoms with E-state index in [9.17, 15) is 0 Å². The molecule has 45 heavy (non-hydrogen) atoms. The van der Waals surface area contributed by atoms with Gasteiger partial charge in [-0.3, -0.25) is 0 Å². The van der Waals surface area contributed by atoms with Crippen LogP contribution in [-0.4, -0.2) is 9.97 Å². The summed E-state index contributed by atoms with van der Waals surface area (Å²) in [6.45, 7) is 8.05. The molecular weight excluding hydrogens is 567 g/mol. The average molecular weight is 592 g/mol. The second-order valence-electron chi connectivity index (χ2n) is 10.9.